The van der Waals surface area contributed by atoms with Crippen LogP contribution in [0.25, 0.3) is 55.2 Å². The lowest BCUT2D eigenvalue weighted by atomic mass is 9.91. The number of aromatic nitrogens is 5. The highest BCUT2D eigenvalue weighted by Crippen LogP contribution is 2.38. The summed E-state index contributed by atoms with van der Waals surface area (Å²) in [4.78, 5) is 11.9. The van der Waals surface area contributed by atoms with Crippen molar-refractivity contribution in [3.8, 4) is 22.5 Å². The fourth-order valence-electron chi connectivity index (χ4n) is 7.42. The van der Waals surface area contributed by atoms with Crippen molar-refractivity contribution in [2.75, 3.05) is 17.2 Å². The minimum atomic E-state index is -0.246. The quantitative estimate of drug-likeness (QED) is 0.135. The van der Waals surface area contributed by atoms with Gasteiger partial charge in [0.1, 0.15) is 12.1 Å². The van der Waals surface area contributed by atoms with E-state index in [1.54, 1.807) is 18.5 Å². The van der Waals surface area contributed by atoms with Gasteiger partial charge in [-0.2, -0.15) is 5.10 Å². The molecule has 8 heteroatoms. The van der Waals surface area contributed by atoms with Gasteiger partial charge in [-0.05, 0) is 66.8 Å². The molecule has 9 rings (SSSR count). The Hall–Kier alpha value is -5.89. The Morgan fingerprint density at radius 2 is 1.62 bits per heavy atom. The number of H-pyrrole nitrogens is 2. The van der Waals surface area contributed by atoms with Gasteiger partial charge in [0.2, 0.25) is 0 Å². The van der Waals surface area contributed by atoms with Gasteiger partial charge in [-0.25, -0.2) is 14.1 Å². The highest BCUT2D eigenvalue weighted by molar-refractivity contribution is 6.13. The van der Waals surface area contributed by atoms with E-state index in [0.29, 0.717) is 19.1 Å². The van der Waals surface area contributed by atoms with Crippen molar-refractivity contribution in [3.63, 3.8) is 0 Å². The smallest absolute Gasteiger partial charge is 0.160 e. The molecule has 0 bridgehead atoms. The van der Waals surface area contributed by atoms with E-state index in [0.717, 1.165) is 75.0 Å². The summed E-state index contributed by atoms with van der Waals surface area (Å²) in [6.45, 7) is 1.21. The van der Waals surface area contributed by atoms with Crippen molar-refractivity contribution in [1.82, 2.24) is 24.7 Å². The number of fused-ring (bicyclic) bond motifs is 6. The topological polar surface area (TPSA) is 86.3 Å². The van der Waals surface area contributed by atoms with Crippen LogP contribution in [0.4, 0.5) is 15.8 Å². The summed E-state index contributed by atoms with van der Waals surface area (Å²) in [6.07, 6.45) is 4.68. The zero-order chi connectivity index (χ0) is 32.0. The lowest BCUT2D eigenvalue weighted by molar-refractivity contribution is 0.607. The van der Waals surface area contributed by atoms with Crippen molar-refractivity contribution >= 4 is 44.1 Å². The number of hydrogen-bond donors (Lipinski definition) is 4. The van der Waals surface area contributed by atoms with Crippen LogP contribution in [-0.4, -0.2) is 37.3 Å². The second-order valence-corrected chi connectivity index (χ2v) is 12.6. The summed E-state index contributed by atoms with van der Waals surface area (Å²) < 4.78 is 16.2. The van der Waals surface area contributed by atoms with Crippen molar-refractivity contribution in [3.05, 3.63) is 133 Å². The molecule has 236 valence electrons. The van der Waals surface area contributed by atoms with Gasteiger partial charge in [0.05, 0.1) is 17.7 Å². The SMILES string of the molecule is Fc1ccc2[nH]c3c(NCCn4ncnc4-c4ccccc4NC4CCc5[nH]c6ccccc6c5C4)c(-c4ccccc4)ccc3c2c1. The zero-order valence-corrected chi connectivity index (χ0v) is 26.3. The van der Waals surface area contributed by atoms with Crippen molar-refractivity contribution in [2.24, 2.45) is 0 Å². The van der Waals surface area contributed by atoms with Gasteiger partial charge in [-0.15, -0.1) is 0 Å². The first kappa shape index (κ1) is 28.3. The summed E-state index contributed by atoms with van der Waals surface area (Å²) in [5, 5.41) is 15.4. The fourth-order valence-corrected chi connectivity index (χ4v) is 7.42. The molecule has 7 nitrogen and oxygen atoms in total. The molecule has 1 aliphatic rings. The molecular formula is C40H34FN7. The monoisotopic (exact) mass is 631 g/mol. The summed E-state index contributed by atoms with van der Waals surface area (Å²) in [5.41, 5.74) is 11.1. The maximum atomic E-state index is 14.2. The number of aromatic amines is 2. The molecule has 3 aromatic heterocycles. The average molecular weight is 632 g/mol. The standard InChI is InChI=1S/C40H34FN7/c41-26-14-18-37-32(22-26)30-17-16-28(25-8-2-1-3-9-25)38(39(30)47-37)42-20-21-48-40(43-24-44-48)31-11-5-7-13-35(31)45-27-15-19-36-33(23-27)29-10-4-6-12-34(29)46-36/h1-14,16-18,22,24,27,42,45-47H,15,19-21,23H2. The first-order chi connectivity index (χ1) is 23.7. The molecule has 4 N–H and O–H groups in total. The van der Waals surface area contributed by atoms with Gasteiger partial charge in [0.25, 0.3) is 0 Å². The maximum absolute atomic E-state index is 14.2. The van der Waals surface area contributed by atoms with E-state index in [-0.39, 0.29) is 5.82 Å². The third-order valence-corrected chi connectivity index (χ3v) is 9.69. The van der Waals surface area contributed by atoms with Gasteiger partial charge < -0.3 is 20.6 Å². The predicted molar refractivity (Wildman–Crippen MR) is 193 cm³/mol. The molecule has 0 amide bonds. The Morgan fingerprint density at radius 1 is 0.792 bits per heavy atom. The largest absolute Gasteiger partial charge is 0.381 e. The Bertz CT molecular complexity index is 2420. The van der Waals surface area contributed by atoms with Gasteiger partial charge in [0.15, 0.2) is 5.82 Å². The van der Waals surface area contributed by atoms with E-state index in [2.05, 4.69) is 98.5 Å². The Morgan fingerprint density at radius 3 is 2.56 bits per heavy atom. The van der Waals surface area contributed by atoms with E-state index in [1.165, 1.54) is 28.2 Å². The van der Waals surface area contributed by atoms with Crippen molar-refractivity contribution < 1.29 is 4.39 Å². The molecule has 0 aliphatic heterocycles. The molecule has 8 aromatic rings. The van der Waals surface area contributed by atoms with E-state index >= 15 is 0 Å². The second-order valence-electron chi connectivity index (χ2n) is 12.6. The van der Waals surface area contributed by atoms with Crippen LogP contribution in [0.1, 0.15) is 17.7 Å². The van der Waals surface area contributed by atoms with Crippen molar-refractivity contribution in [2.45, 2.75) is 31.8 Å². The Balaban J connectivity index is 0.988. The molecule has 48 heavy (non-hydrogen) atoms. The molecule has 1 atom stereocenters. The number of benzene rings is 5. The van der Waals surface area contributed by atoms with Crippen LogP contribution >= 0.6 is 0 Å². The number of para-hydroxylation sites is 2. The van der Waals surface area contributed by atoms with Crippen LogP contribution in [0, 0.1) is 5.82 Å². The summed E-state index contributed by atoms with van der Waals surface area (Å²) >= 11 is 0. The molecule has 0 saturated carbocycles. The first-order valence-corrected chi connectivity index (χ1v) is 16.5. The van der Waals surface area contributed by atoms with Crippen LogP contribution in [0.2, 0.25) is 0 Å². The third-order valence-electron chi connectivity index (χ3n) is 9.69. The second kappa shape index (κ2) is 11.7. The van der Waals surface area contributed by atoms with E-state index in [9.17, 15) is 4.39 Å². The summed E-state index contributed by atoms with van der Waals surface area (Å²) in [7, 11) is 0. The third kappa shape index (κ3) is 4.97. The average Bonchev–Trinajstić information content (AvgIpc) is 3.84. The molecule has 0 fully saturated rings. The maximum Gasteiger partial charge on any atom is 0.160 e. The predicted octanol–water partition coefficient (Wildman–Crippen LogP) is 8.95. The van der Waals surface area contributed by atoms with Crippen molar-refractivity contribution in [1.29, 1.82) is 0 Å². The minimum absolute atomic E-state index is 0.246. The molecular weight excluding hydrogens is 597 g/mol. The highest BCUT2D eigenvalue weighted by atomic mass is 19.1. The van der Waals surface area contributed by atoms with E-state index < -0.39 is 0 Å². The van der Waals surface area contributed by atoms with Crippen LogP contribution in [0.3, 0.4) is 0 Å². The Kier molecular flexibility index (Phi) is 6.92. The highest BCUT2D eigenvalue weighted by Gasteiger charge is 2.24. The summed E-state index contributed by atoms with van der Waals surface area (Å²) in [6, 6.07) is 36.7. The molecule has 1 unspecified atom stereocenters. The molecule has 0 spiro atoms. The van der Waals surface area contributed by atoms with Crippen LogP contribution in [0.15, 0.2) is 116 Å². The summed E-state index contributed by atoms with van der Waals surface area (Å²) in [5.74, 6) is 0.579. The number of nitrogens with zero attached hydrogens (tertiary/aromatic N) is 3. The van der Waals surface area contributed by atoms with E-state index in [4.69, 9.17) is 4.98 Å². The first-order valence-electron chi connectivity index (χ1n) is 16.5. The number of rotatable bonds is 8. The molecule has 3 heterocycles. The molecule has 1 aliphatic carbocycles. The van der Waals surface area contributed by atoms with Gasteiger partial charge >= 0.3 is 0 Å². The van der Waals surface area contributed by atoms with Gasteiger partial charge in [-0.1, -0.05) is 72.8 Å². The van der Waals surface area contributed by atoms with Crippen LogP contribution in [-0.2, 0) is 19.4 Å². The normalized spacial score (nSPS) is 14.5. The lowest BCUT2D eigenvalue weighted by Crippen LogP contribution is -2.27. The number of hydrogen-bond acceptors (Lipinski definition) is 4. The van der Waals surface area contributed by atoms with Crippen LogP contribution < -0.4 is 10.6 Å². The lowest BCUT2D eigenvalue weighted by Gasteiger charge is -2.26. The van der Waals surface area contributed by atoms with E-state index in [1.807, 2.05) is 22.9 Å². The number of nitrogens with one attached hydrogen (secondary N) is 4. The molecule has 0 saturated heterocycles. The number of anilines is 2. The molecule has 5 aromatic carbocycles. The van der Waals surface area contributed by atoms with Gasteiger partial charge in [-0.3, -0.25) is 0 Å². The number of halogens is 1. The molecule has 0 radical (unpaired) electrons. The fraction of sp³-hybridized carbons (Fsp3) is 0.150. The number of aryl methyl sites for hydroxylation is 1. The van der Waals surface area contributed by atoms with Crippen LogP contribution in [0.5, 0.6) is 0 Å². The van der Waals surface area contributed by atoms with Gasteiger partial charge in [0, 0.05) is 62.3 Å². The minimum Gasteiger partial charge on any atom is -0.381 e. The zero-order valence-electron chi connectivity index (χ0n) is 26.3. The Labute approximate surface area is 276 Å².